The van der Waals surface area contributed by atoms with Crippen molar-refractivity contribution in [1.82, 2.24) is 24.5 Å². The van der Waals surface area contributed by atoms with Crippen molar-refractivity contribution in [2.24, 2.45) is 0 Å². The highest BCUT2D eigenvalue weighted by atomic mass is 32.1. The number of aryl methyl sites for hydroxylation is 1. The van der Waals surface area contributed by atoms with Crippen molar-refractivity contribution < 1.29 is 5.11 Å². The van der Waals surface area contributed by atoms with E-state index >= 15 is 0 Å². The van der Waals surface area contributed by atoms with E-state index in [0.717, 1.165) is 64.2 Å². The maximum absolute atomic E-state index is 9.80. The van der Waals surface area contributed by atoms with Crippen LogP contribution in [0.5, 0.6) is 0 Å². The first-order chi connectivity index (χ1) is 15.1. The first-order valence-electron chi connectivity index (χ1n) is 10.5. The van der Waals surface area contributed by atoms with Crippen LogP contribution in [0.25, 0.3) is 10.3 Å². The number of imidazole rings is 1. The van der Waals surface area contributed by atoms with Crippen LogP contribution in [0.1, 0.15) is 37.1 Å². The minimum Gasteiger partial charge on any atom is -0.393 e. The Hall–Kier alpha value is -3.04. The molecule has 0 aromatic carbocycles. The van der Waals surface area contributed by atoms with Gasteiger partial charge in [-0.25, -0.2) is 19.9 Å². The van der Waals surface area contributed by atoms with Crippen molar-refractivity contribution in [2.75, 3.05) is 10.6 Å². The summed E-state index contributed by atoms with van der Waals surface area (Å²) in [6.07, 6.45) is 8.95. The van der Waals surface area contributed by atoms with E-state index in [2.05, 4.69) is 42.3 Å². The van der Waals surface area contributed by atoms with E-state index < -0.39 is 0 Å². The van der Waals surface area contributed by atoms with Gasteiger partial charge in [-0.1, -0.05) is 11.3 Å². The first kappa shape index (κ1) is 19.9. The predicted molar refractivity (Wildman–Crippen MR) is 123 cm³/mol. The molecule has 1 aliphatic carbocycles. The highest BCUT2D eigenvalue weighted by Crippen LogP contribution is 2.28. The second-order valence-corrected chi connectivity index (χ2v) is 8.95. The summed E-state index contributed by atoms with van der Waals surface area (Å²) in [5.41, 5.74) is 2.00. The summed E-state index contributed by atoms with van der Waals surface area (Å²) in [5, 5.41) is 17.5. The number of pyridine rings is 2. The van der Waals surface area contributed by atoms with Gasteiger partial charge in [0.25, 0.3) is 0 Å². The quantitative estimate of drug-likeness (QED) is 0.419. The van der Waals surface area contributed by atoms with E-state index in [4.69, 9.17) is 4.98 Å². The van der Waals surface area contributed by atoms with Gasteiger partial charge in [0.2, 0.25) is 0 Å². The molecule has 0 bridgehead atoms. The smallest absolute Gasteiger partial charge is 0.190 e. The summed E-state index contributed by atoms with van der Waals surface area (Å²) in [6, 6.07) is 8.31. The molecule has 0 unspecified atom stereocenters. The second-order valence-electron chi connectivity index (χ2n) is 7.97. The van der Waals surface area contributed by atoms with Gasteiger partial charge in [-0.3, -0.25) is 0 Å². The summed E-state index contributed by atoms with van der Waals surface area (Å²) in [6.45, 7) is 2.71. The van der Waals surface area contributed by atoms with Crippen molar-refractivity contribution in [1.29, 1.82) is 0 Å². The predicted octanol–water partition coefficient (Wildman–Crippen LogP) is 4.10. The fourth-order valence-electron chi connectivity index (χ4n) is 3.95. The summed E-state index contributed by atoms with van der Waals surface area (Å²) in [5.74, 6) is 2.55. The Labute approximate surface area is 184 Å². The third-order valence-corrected chi connectivity index (χ3v) is 6.51. The Morgan fingerprint density at radius 3 is 2.71 bits per heavy atom. The van der Waals surface area contributed by atoms with Crippen LogP contribution in [0.4, 0.5) is 16.8 Å². The topological polar surface area (TPSA) is 101 Å². The van der Waals surface area contributed by atoms with E-state index in [1.807, 2.05) is 31.5 Å². The fourth-order valence-corrected chi connectivity index (χ4v) is 4.76. The summed E-state index contributed by atoms with van der Waals surface area (Å²) >= 11 is 1.51. The van der Waals surface area contributed by atoms with Crippen molar-refractivity contribution in [3.05, 3.63) is 54.2 Å². The largest absolute Gasteiger partial charge is 0.393 e. The lowest BCUT2D eigenvalue weighted by Crippen LogP contribution is -2.28. The normalized spacial score (nSPS) is 18.9. The van der Waals surface area contributed by atoms with E-state index in [1.54, 1.807) is 6.20 Å². The molecule has 3 N–H and O–H groups in total. The average molecular weight is 436 g/mol. The molecule has 8 nitrogen and oxygen atoms in total. The van der Waals surface area contributed by atoms with Crippen molar-refractivity contribution in [3.63, 3.8) is 0 Å². The number of anilines is 3. The van der Waals surface area contributed by atoms with Gasteiger partial charge in [0.15, 0.2) is 5.13 Å². The van der Waals surface area contributed by atoms with Crippen LogP contribution in [0.2, 0.25) is 0 Å². The zero-order valence-corrected chi connectivity index (χ0v) is 18.1. The zero-order valence-electron chi connectivity index (χ0n) is 17.3. The average Bonchev–Trinajstić information content (AvgIpc) is 3.35. The minimum absolute atomic E-state index is 0.175. The van der Waals surface area contributed by atoms with E-state index in [9.17, 15) is 5.11 Å². The van der Waals surface area contributed by atoms with Gasteiger partial charge in [-0.15, -0.1) is 0 Å². The number of nitrogens with one attached hydrogen (secondary N) is 2. The Morgan fingerprint density at radius 1 is 1.10 bits per heavy atom. The molecule has 31 heavy (non-hydrogen) atoms. The van der Waals surface area contributed by atoms with Crippen LogP contribution in [-0.2, 0) is 6.54 Å². The number of aliphatic hydroxyl groups is 1. The lowest BCUT2D eigenvalue weighted by molar-refractivity contribution is 0.126. The first-order valence-corrected chi connectivity index (χ1v) is 11.4. The zero-order chi connectivity index (χ0) is 21.2. The fraction of sp³-hybridized carbons (Fsp3) is 0.364. The number of rotatable bonds is 6. The molecule has 0 atom stereocenters. The van der Waals surface area contributed by atoms with Gasteiger partial charge >= 0.3 is 0 Å². The molecule has 9 heteroatoms. The maximum Gasteiger partial charge on any atom is 0.190 e. The van der Waals surface area contributed by atoms with Crippen LogP contribution < -0.4 is 10.6 Å². The lowest BCUT2D eigenvalue weighted by Gasteiger charge is -2.27. The SMILES string of the molecule is Cc1nccn1Cc1cc(Nc2nc3cccnc3s2)nc(NC2CCC(O)CC2)c1. The Balaban J connectivity index is 1.42. The molecule has 4 heterocycles. The Bertz CT molecular complexity index is 1150. The molecule has 1 saturated carbocycles. The van der Waals surface area contributed by atoms with E-state index in [-0.39, 0.29) is 6.10 Å². The standard InChI is InChI=1S/C22H25N7OS/c1-14-23-9-10-29(14)13-15-11-19(25-16-4-6-17(30)7-5-16)27-20(12-15)28-22-26-18-3-2-8-24-21(18)31-22/h2-3,8-12,16-17,30H,4-7,13H2,1H3,(H2,25,26,27,28). The van der Waals surface area contributed by atoms with Crippen molar-refractivity contribution >= 4 is 38.5 Å². The molecule has 0 saturated heterocycles. The van der Waals surface area contributed by atoms with Gasteiger partial charge in [0.05, 0.1) is 6.10 Å². The summed E-state index contributed by atoms with van der Waals surface area (Å²) in [7, 11) is 0. The van der Waals surface area contributed by atoms with Gasteiger partial charge in [0.1, 0.15) is 27.8 Å². The van der Waals surface area contributed by atoms with Crippen LogP contribution in [0, 0.1) is 6.92 Å². The van der Waals surface area contributed by atoms with Crippen LogP contribution in [0.3, 0.4) is 0 Å². The number of nitrogens with zero attached hydrogens (tertiary/aromatic N) is 5. The van der Waals surface area contributed by atoms with Crippen molar-refractivity contribution in [2.45, 2.75) is 51.3 Å². The number of aliphatic hydroxyl groups excluding tert-OH is 1. The number of aromatic nitrogens is 5. The van der Waals surface area contributed by atoms with Crippen LogP contribution in [-0.4, -0.2) is 41.8 Å². The molecule has 160 valence electrons. The molecule has 0 aliphatic heterocycles. The van der Waals surface area contributed by atoms with E-state index in [1.165, 1.54) is 11.3 Å². The Morgan fingerprint density at radius 2 is 1.94 bits per heavy atom. The number of fused-ring (bicyclic) bond motifs is 1. The van der Waals surface area contributed by atoms with Crippen LogP contribution in [0.15, 0.2) is 42.9 Å². The van der Waals surface area contributed by atoms with Gasteiger partial charge in [0, 0.05) is 31.2 Å². The number of thiazole rings is 1. The summed E-state index contributed by atoms with van der Waals surface area (Å²) < 4.78 is 2.11. The molecule has 0 spiro atoms. The third kappa shape index (κ3) is 4.67. The maximum atomic E-state index is 9.80. The third-order valence-electron chi connectivity index (χ3n) is 5.61. The molecule has 4 aromatic heterocycles. The van der Waals surface area contributed by atoms with E-state index in [0.29, 0.717) is 12.6 Å². The monoisotopic (exact) mass is 435 g/mol. The second kappa shape index (κ2) is 8.60. The van der Waals surface area contributed by atoms with Gasteiger partial charge in [-0.05, 0) is 62.4 Å². The Kier molecular flexibility index (Phi) is 5.52. The molecular weight excluding hydrogens is 410 g/mol. The minimum atomic E-state index is -0.175. The summed E-state index contributed by atoms with van der Waals surface area (Å²) in [4.78, 5) is 19.0. The van der Waals surface area contributed by atoms with Crippen LogP contribution >= 0.6 is 11.3 Å². The number of hydrogen-bond donors (Lipinski definition) is 3. The van der Waals surface area contributed by atoms with Gasteiger partial charge < -0.3 is 20.3 Å². The molecule has 0 radical (unpaired) electrons. The number of hydrogen-bond acceptors (Lipinski definition) is 8. The highest BCUT2D eigenvalue weighted by Gasteiger charge is 2.20. The van der Waals surface area contributed by atoms with Gasteiger partial charge in [-0.2, -0.15) is 0 Å². The molecular formula is C22H25N7OS. The highest BCUT2D eigenvalue weighted by molar-refractivity contribution is 7.21. The molecule has 4 aromatic rings. The lowest BCUT2D eigenvalue weighted by atomic mass is 9.93. The molecule has 5 rings (SSSR count). The van der Waals surface area contributed by atoms with Crippen molar-refractivity contribution in [3.8, 4) is 0 Å². The molecule has 1 fully saturated rings. The molecule has 1 aliphatic rings. The molecule has 0 amide bonds.